The van der Waals surface area contributed by atoms with Gasteiger partial charge in [-0.15, -0.1) is 0 Å². The van der Waals surface area contributed by atoms with Crippen molar-refractivity contribution in [2.24, 2.45) is 5.92 Å². The fraction of sp³-hybridized carbons (Fsp3) is 0.474. The Morgan fingerprint density at radius 2 is 2.08 bits per heavy atom. The topological polar surface area (TPSA) is 87.7 Å². The Labute approximate surface area is 147 Å². The number of carbonyl (C=O) groups excluding carboxylic acids is 1. The van der Waals surface area contributed by atoms with Crippen LogP contribution in [0.5, 0.6) is 0 Å². The van der Waals surface area contributed by atoms with Crippen LogP contribution in [0.4, 0.5) is 0 Å². The predicted octanol–water partition coefficient (Wildman–Crippen LogP) is 2.38. The second-order valence-electron chi connectivity index (χ2n) is 6.93. The van der Waals surface area contributed by atoms with Gasteiger partial charge in [0, 0.05) is 35.3 Å². The summed E-state index contributed by atoms with van der Waals surface area (Å²) in [6.07, 6.45) is 7.77. The van der Waals surface area contributed by atoms with Crippen molar-refractivity contribution in [1.29, 1.82) is 0 Å². The van der Waals surface area contributed by atoms with Gasteiger partial charge in [0.2, 0.25) is 5.91 Å². The number of hydrogen-bond donors (Lipinski definition) is 2. The van der Waals surface area contributed by atoms with Gasteiger partial charge in [0.15, 0.2) is 0 Å². The first-order valence-corrected chi connectivity index (χ1v) is 8.82. The Bertz CT molecular complexity index is 801. The van der Waals surface area contributed by atoms with Crippen LogP contribution in [0.3, 0.4) is 0 Å². The second-order valence-corrected chi connectivity index (χ2v) is 6.93. The largest absolute Gasteiger partial charge is 0.353 e. The maximum atomic E-state index is 12.4. The van der Waals surface area contributed by atoms with E-state index >= 15 is 0 Å². The van der Waals surface area contributed by atoms with E-state index in [1.54, 1.807) is 31.5 Å². The molecule has 0 spiro atoms. The van der Waals surface area contributed by atoms with E-state index in [-0.39, 0.29) is 23.9 Å². The molecule has 2 aromatic rings. The van der Waals surface area contributed by atoms with Crippen LogP contribution < -0.4 is 10.9 Å². The number of hydrogen-bond acceptors (Lipinski definition) is 4. The lowest BCUT2D eigenvalue weighted by Gasteiger charge is -2.27. The highest BCUT2D eigenvalue weighted by Gasteiger charge is 2.21. The van der Waals surface area contributed by atoms with Gasteiger partial charge in [-0.25, -0.2) is 4.98 Å². The molecule has 2 unspecified atom stereocenters. The SMILES string of the molecule is Cc1nc(-c2ccncc2)[nH]c(=O)c1CC(=O)NC1CCCC(C)C1. The zero-order valence-electron chi connectivity index (χ0n) is 14.7. The van der Waals surface area contributed by atoms with E-state index < -0.39 is 0 Å². The van der Waals surface area contributed by atoms with Crippen LogP contribution in [0.1, 0.15) is 43.9 Å². The molecule has 1 aliphatic rings. The molecule has 1 fully saturated rings. The molecule has 2 heterocycles. The van der Waals surface area contributed by atoms with Crippen molar-refractivity contribution in [2.45, 2.75) is 52.0 Å². The van der Waals surface area contributed by atoms with E-state index in [1.165, 1.54) is 6.42 Å². The van der Waals surface area contributed by atoms with Gasteiger partial charge in [-0.2, -0.15) is 0 Å². The number of pyridine rings is 1. The van der Waals surface area contributed by atoms with Crippen LogP contribution in [-0.4, -0.2) is 26.9 Å². The summed E-state index contributed by atoms with van der Waals surface area (Å²) in [7, 11) is 0. The van der Waals surface area contributed by atoms with E-state index in [9.17, 15) is 9.59 Å². The minimum atomic E-state index is -0.258. The number of aromatic amines is 1. The first-order chi connectivity index (χ1) is 12.0. The third kappa shape index (κ3) is 4.32. The van der Waals surface area contributed by atoms with Crippen LogP contribution >= 0.6 is 0 Å². The predicted molar refractivity (Wildman–Crippen MR) is 96.1 cm³/mol. The average Bonchev–Trinajstić information content (AvgIpc) is 2.59. The lowest BCUT2D eigenvalue weighted by molar-refractivity contribution is -0.121. The summed E-state index contributed by atoms with van der Waals surface area (Å²) in [5.41, 5.74) is 1.55. The van der Waals surface area contributed by atoms with E-state index in [0.29, 0.717) is 23.0 Å². The molecule has 0 bridgehead atoms. The van der Waals surface area contributed by atoms with E-state index in [4.69, 9.17) is 0 Å². The third-order valence-corrected chi connectivity index (χ3v) is 4.81. The van der Waals surface area contributed by atoms with Gasteiger partial charge < -0.3 is 10.3 Å². The number of carbonyl (C=O) groups is 1. The van der Waals surface area contributed by atoms with E-state index in [0.717, 1.165) is 24.8 Å². The molecule has 1 aliphatic carbocycles. The fourth-order valence-electron chi connectivity index (χ4n) is 3.47. The molecule has 0 aliphatic heterocycles. The average molecular weight is 340 g/mol. The van der Waals surface area contributed by atoms with Crippen molar-refractivity contribution in [2.75, 3.05) is 0 Å². The highest BCUT2D eigenvalue weighted by Crippen LogP contribution is 2.23. The molecular formula is C19H24N4O2. The summed E-state index contributed by atoms with van der Waals surface area (Å²) in [5.74, 6) is 1.03. The first kappa shape index (κ1) is 17.3. The molecule has 1 amide bonds. The quantitative estimate of drug-likeness (QED) is 0.894. The summed E-state index contributed by atoms with van der Waals surface area (Å²) in [5, 5.41) is 3.07. The van der Waals surface area contributed by atoms with Crippen LogP contribution in [0.25, 0.3) is 11.4 Å². The Morgan fingerprint density at radius 3 is 2.76 bits per heavy atom. The number of aromatic nitrogens is 3. The van der Waals surface area contributed by atoms with Gasteiger partial charge in [-0.1, -0.05) is 19.8 Å². The molecule has 132 valence electrons. The van der Waals surface area contributed by atoms with Gasteiger partial charge >= 0.3 is 0 Å². The highest BCUT2D eigenvalue weighted by molar-refractivity contribution is 5.79. The Balaban J connectivity index is 1.72. The van der Waals surface area contributed by atoms with Crippen LogP contribution in [0, 0.1) is 12.8 Å². The van der Waals surface area contributed by atoms with Crippen molar-refractivity contribution >= 4 is 5.91 Å². The molecule has 0 aromatic carbocycles. The van der Waals surface area contributed by atoms with Gasteiger partial charge in [-0.05, 0) is 37.8 Å². The molecule has 6 nitrogen and oxygen atoms in total. The minimum absolute atomic E-state index is 0.0652. The number of nitrogens with zero attached hydrogens (tertiary/aromatic N) is 2. The smallest absolute Gasteiger partial charge is 0.255 e. The molecule has 25 heavy (non-hydrogen) atoms. The van der Waals surface area contributed by atoms with Crippen molar-refractivity contribution < 1.29 is 4.79 Å². The van der Waals surface area contributed by atoms with Crippen LogP contribution in [0.15, 0.2) is 29.3 Å². The number of H-pyrrole nitrogens is 1. The Morgan fingerprint density at radius 1 is 1.32 bits per heavy atom. The summed E-state index contributed by atoms with van der Waals surface area (Å²) in [6, 6.07) is 3.79. The van der Waals surface area contributed by atoms with Crippen molar-refractivity contribution in [3.8, 4) is 11.4 Å². The van der Waals surface area contributed by atoms with Gasteiger partial charge in [0.05, 0.1) is 6.42 Å². The molecule has 1 saturated carbocycles. The normalized spacial score (nSPS) is 20.2. The molecule has 0 saturated heterocycles. The minimum Gasteiger partial charge on any atom is -0.353 e. The molecule has 0 radical (unpaired) electrons. The van der Waals surface area contributed by atoms with Crippen molar-refractivity contribution in [1.82, 2.24) is 20.3 Å². The summed E-state index contributed by atoms with van der Waals surface area (Å²) in [4.78, 5) is 36.0. The van der Waals surface area contributed by atoms with E-state index in [1.807, 2.05) is 0 Å². The van der Waals surface area contributed by atoms with Crippen LogP contribution in [0.2, 0.25) is 0 Å². The molecule has 2 N–H and O–H groups in total. The summed E-state index contributed by atoms with van der Waals surface area (Å²) >= 11 is 0. The highest BCUT2D eigenvalue weighted by atomic mass is 16.2. The number of nitrogens with one attached hydrogen (secondary N) is 2. The maximum absolute atomic E-state index is 12.4. The molecule has 6 heteroatoms. The van der Waals surface area contributed by atoms with Gasteiger partial charge in [0.1, 0.15) is 5.82 Å². The monoisotopic (exact) mass is 340 g/mol. The summed E-state index contributed by atoms with van der Waals surface area (Å²) < 4.78 is 0. The second kappa shape index (κ2) is 7.59. The van der Waals surface area contributed by atoms with Crippen LogP contribution in [-0.2, 0) is 11.2 Å². The fourth-order valence-corrected chi connectivity index (χ4v) is 3.47. The number of aryl methyl sites for hydroxylation is 1. The number of amides is 1. The third-order valence-electron chi connectivity index (χ3n) is 4.81. The van der Waals surface area contributed by atoms with E-state index in [2.05, 4.69) is 27.2 Å². The zero-order valence-corrected chi connectivity index (χ0v) is 14.7. The van der Waals surface area contributed by atoms with Gasteiger partial charge in [-0.3, -0.25) is 14.6 Å². The lowest BCUT2D eigenvalue weighted by atomic mass is 9.87. The van der Waals surface area contributed by atoms with Crippen molar-refractivity contribution in [3.63, 3.8) is 0 Å². The zero-order chi connectivity index (χ0) is 17.8. The first-order valence-electron chi connectivity index (χ1n) is 8.82. The Hall–Kier alpha value is -2.50. The standard InChI is InChI=1S/C19H24N4O2/c1-12-4-3-5-15(10-12)22-17(24)11-16-13(2)21-18(23-19(16)25)14-6-8-20-9-7-14/h6-9,12,15H,3-5,10-11H2,1-2H3,(H,22,24)(H,21,23,25). The molecular weight excluding hydrogens is 316 g/mol. The maximum Gasteiger partial charge on any atom is 0.255 e. The lowest BCUT2D eigenvalue weighted by Crippen LogP contribution is -2.39. The van der Waals surface area contributed by atoms with Gasteiger partial charge in [0.25, 0.3) is 5.56 Å². The van der Waals surface area contributed by atoms with Crippen molar-refractivity contribution in [3.05, 3.63) is 46.1 Å². The summed E-state index contributed by atoms with van der Waals surface area (Å²) in [6.45, 7) is 3.99. The molecule has 3 rings (SSSR count). The number of rotatable bonds is 4. The Kier molecular flexibility index (Phi) is 5.26. The molecule has 2 atom stereocenters. The molecule has 2 aromatic heterocycles.